The van der Waals surface area contributed by atoms with E-state index in [0.717, 1.165) is 19.4 Å². The van der Waals surface area contributed by atoms with Crippen molar-refractivity contribution in [2.45, 2.75) is 81.1 Å². The quantitative estimate of drug-likeness (QED) is 0.322. The van der Waals surface area contributed by atoms with Gasteiger partial charge in [-0.2, -0.15) is 0 Å². The summed E-state index contributed by atoms with van der Waals surface area (Å²) in [4.78, 5) is 14.8. The van der Waals surface area contributed by atoms with E-state index in [1.165, 1.54) is 13.2 Å². The Morgan fingerprint density at radius 3 is 2.46 bits per heavy atom. The zero-order chi connectivity index (χ0) is 21.2. The van der Waals surface area contributed by atoms with Crippen molar-refractivity contribution in [2.75, 3.05) is 19.8 Å². The maximum atomic E-state index is 12.9. The molecule has 164 valence electrons. The van der Waals surface area contributed by atoms with Gasteiger partial charge in [0.25, 0.3) is 0 Å². The van der Waals surface area contributed by atoms with Crippen LogP contribution in [-0.2, 0) is 20.3 Å². The van der Waals surface area contributed by atoms with Crippen LogP contribution in [0, 0.1) is 5.92 Å². The first kappa shape index (κ1) is 23.7. The summed E-state index contributed by atoms with van der Waals surface area (Å²) in [5.41, 5.74) is -1.23. The summed E-state index contributed by atoms with van der Waals surface area (Å²) in [6.45, 7) is 4.36. The van der Waals surface area contributed by atoms with Crippen molar-refractivity contribution in [1.29, 1.82) is 0 Å². The smallest absolute Gasteiger partial charge is 0.237 e. The molecule has 2 aliphatic heterocycles. The zero-order valence-electron chi connectivity index (χ0n) is 16.9. The van der Waals surface area contributed by atoms with Gasteiger partial charge in [0.1, 0.15) is 24.4 Å². The molecule has 9 nitrogen and oxygen atoms in total. The first-order valence-corrected chi connectivity index (χ1v) is 11.4. The number of rotatable bonds is 7. The molecule has 28 heavy (non-hydrogen) atoms. The first-order valence-electron chi connectivity index (χ1n) is 9.79. The number of aliphatic hydroxyl groups is 4. The number of hydrogen-bond acceptors (Lipinski definition) is 8. The van der Waals surface area contributed by atoms with E-state index < -0.39 is 52.8 Å². The second-order valence-electron chi connectivity index (χ2n) is 8.06. The van der Waals surface area contributed by atoms with Gasteiger partial charge in [0.2, 0.25) is 5.91 Å². The number of carbonyl (C=O) groups is 1. The lowest BCUT2D eigenvalue weighted by Crippen LogP contribution is -2.66. The van der Waals surface area contributed by atoms with Crippen LogP contribution in [0.15, 0.2) is 0 Å². The van der Waals surface area contributed by atoms with Crippen molar-refractivity contribution in [1.82, 2.24) is 10.2 Å². The van der Waals surface area contributed by atoms with Crippen LogP contribution < -0.4 is 5.32 Å². The molecule has 0 bridgehead atoms. The molecular weight excluding hydrogens is 388 g/mol. The monoisotopic (exact) mass is 422 g/mol. The normalized spacial score (nSPS) is 40.1. The Morgan fingerprint density at radius 2 is 1.93 bits per heavy atom. The maximum Gasteiger partial charge on any atom is 0.237 e. The molecule has 0 aromatic rings. The molecular formula is C18H34N2O7S. The second kappa shape index (κ2) is 9.92. The molecule has 0 aromatic heterocycles. The summed E-state index contributed by atoms with van der Waals surface area (Å²) in [5, 5.41) is 43.4. The minimum absolute atomic E-state index is 0.294. The Kier molecular flexibility index (Phi) is 8.38. The molecule has 5 N–H and O–H groups in total. The standard InChI is InChI=1S/C18H34N2O7S/c1-5-6-10-7-11(20(3)8-10)17(25)19-12(9(2)21)16-14(23)13(22)15(24)18(27-16)28(4)26/h9-16,18,21-24H,5-8H2,1-4H3,(H,19,25)/t9-,10?,11?,12-,13+,14-,15-,16-,18-,28+/m1/s1. The highest BCUT2D eigenvalue weighted by atomic mass is 32.2. The Morgan fingerprint density at radius 1 is 1.29 bits per heavy atom. The first-order chi connectivity index (χ1) is 13.1. The largest absolute Gasteiger partial charge is 0.391 e. The predicted octanol–water partition coefficient (Wildman–Crippen LogP) is -1.84. The molecule has 2 heterocycles. The van der Waals surface area contributed by atoms with Gasteiger partial charge in [0.05, 0.1) is 29.0 Å². The Labute approximate surface area is 168 Å². The van der Waals surface area contributed by atoms with Crippen molar-refractivity contribution in [3.8, 4) is 0 Å². The minimum atomic E-state index is -1.64. The number of likely N-dealkylation sites (tertiary alicyclic amines) is 1. The predicted molar refractivity (Wildman–Crippen MR) is 104 cm³/mol. The third-order valence-corrected chi connectivity index (χ3v) is 6.79. The van der Waals surface area contributed by atoms with Crippen LogP contribution in [0.2, 0.25) is 0 Å². The molecule has 10 heteroatoms. The average Bonchev–Trinajstić information content (AvgIpc) is 2.98. The van der Waals surface area contributed by atoms with E-state index in [1.807, 2.05) is 11.9 Å². The van der Waals surface area contributed by atoms with Crippen LogP contribution in [0.25, 0.3) is 0 Å². The SMILES string of the molecule is CCCC1CC(C(=O)N[C@@H]([C@H]2O[C@H]([S@](C)=O)[C@H](O)[C@@H](O)[C@H]2O)[C@@H](C)O)N(C)C1. The van der Waals surface area contributed by atoms with E-state index >= 15 is 0 Å². The van der Waals surface area contributed by atoms with E-state index in [4.69, 9.17) is 4.74 Å². The number of amides is 1. The van der Waals surface area contributed by atoms with Gasteiger partial charge in [0, 0.05) is 12.8 Å². The fraction of sp³-hybridized carbons (Fsp3) is 0.944. The number of likely N-dealkylation sites (N-methyl/N-ethyl adjacent to an activating group) is 1. The summed E-state index contributed by atoms with van der Waals surface area (Å²) in [7, 11) is 0.233. The van der Waals surface area contributed by atoms with Crippen LogP contribution >= 0.6 is 0 Å². The van der Waals surface area contributed by atoms with E-state index in [-0.39, 0.29) is 11.9 Å². The van der Waals surface area contributed by atoms with Crippen molar-refractivity contribution < 1.29 is 34.2 Å². The van der Waals surface area contributed by atoms with E-state index in [1.54, 1.807) is 0 Å². The Hall–Kier alpha value is -0.620. The topological polar surface area (TPSA) is 140 Å². The summed E-state index contributed by atoms with van der Waals surface area (Å²) in [6, 6.07) is -1.39. The molecule has 10 atom stereocenters. The highest BCUT2D eigenvalue weighted by molar-refractivity contribution is 7.84. The summed E-state index contributed by atoms with van der Waals surface area (Å²) in [5.74, 6) is 0.133. The number of carbonyl (C=O) groups excluding carboxylic acids is 1. The Balaban J connectivity index is 2.14. The lowest BCUT2D eigenvalue weighted by Gasteiger charge is -2.43. The van der Waals surface area contributed by atoms with E-state index in [2.05, 4.69) is 12.2 Å². The van der Waals surface area contributed by atoms with Crippen LogP contribution in [-0.4, -0.2) is 103 Å². The zero-order valence-corrected chi connectivity index (χ0v) is 17.7. The third kappa shape index (κ3) is 5.10. The van der Waals surface area contributed by atoms with Crippen LogP contribution in [0.1, 0.15) is 33.1 Å². The number of hydrogen-bond donors (Lipinski definition) is 5. The lowest BCUT2D eigenvalue weighted by molar-refractivity contribution is -0.212. The molecule has 0 spiro atoms. The van der Waals surface area contributed by atoms with Crippen LogP contribution in [0.4, 0.5) is 0 Å². The third-order valence-electron chi connectivity index (χ3n) is 5.75. The van der Waals surface area contributed by atoms with Crippen LogP contribution in [0.5, 0.6) is 0 Å². The molecule has 2 fully saturated rings. The Bertz CT molecular complexity index is 564. The highest BCUT2D eigenvalue weighted by Crippen LogP contribution is 2.28. The van der Waals surface area contributed by atoms with E-state index in [0.29, 0.717) is 12.3 Å². The van der Waals surface area contributed by atoms with Gasteiger partial charge in [-0.25, -0.2) is 0 Å². The fourth-order valence-corrected chi connectivity index (χ4v) is 5.05. The number of nitrogens with zero attached hydrogens (tertiary/aromatic N) is 1. The maximum absolute atomic E-state index is 12.9. The summed E-state index contributed by atoms with van der Waals surface area (Å²) < 4.78 is 17.4. The van der Waals surface area contributed by atoms with Crippen molar-refractivity contribution in [3.63, 3.8) is 0 Å². The number of aliphatic hydroxyl groups excluding tert-OH is 4. The van der Waals surface area contributed by atoms with Gasteiger partial charge in [-0.3, -0.25) is 13.9 Å². The van der Waals surface area contributed by atoms with Gasteiger partial charge in [-0.1, -0.05) is 13.3 Å². The molecule has 2 unspecified atom stereocenters. The van der Waals surface area contributed by atoms with Gasteiger partial charge < -0.3 is 30.5 Å². The van der Waals surface area contributed by atoms with Crippen molar-refractivity contribution >= 4 is 16.7 Å². The molecule has 2 saturated heterocycles. The molecule has 2 rings (SSSR count). The molecule has 0 aromatic carbocycles. The molecule has 2 aliphatic rings. The van der Waals surface area contributed by atoms with E-state index in [9.17, 15) is 29.4 Å². The molecule has 0 aliphatic carbocycles. The minimum Gasteiger partial charge on any atom is -0.391 e. The molecule has 1 amide bonds. The summed E-state index contributed by atoms with van der Waals surface area (Å²) in [6.07, 6.45) is -2.90. The van der Waals surface area contributed by atoms with Gasteiger partial charge in [-0.15, -0.1) is 0 Å². The van der Waals surface area contributed by atoms with Gasteiger partial charge >= 0.3 is 0 Å². The average molecular weight is 423 g/mol. The number of ether oxygens (including phenoxy) is 1. The lowest BCUT2D eigenvalue weighted by atomic mass is 9.92. The summed E-state index contributed by atoms with van der Waals surface area (Å²) >= 11 is 0. The molecule has 0 saturated carbocycles. The van der Waals surface area contributed by atoms with Crippen LogP contribution in [0.3, 0.4) is 0 Å². The van der Waals surface area contributed by atoms with Gasteiger partial charge in [0.15, 0.2) is 5.44 Å². The fourth-order valence-electron chi connectivity index (χ4n) is 4.21. The molecule has 0 radical (unpaired) electrons. The number of nitrogens with one attached hydrogen (secondary N) is 1. The van der Waals surface area contributed by atoms with Crippen molar-refractivity contribution in [2.24, 2.45) is 5.92 Å². The van der Waals surface area contributed by atoms with Gasteiger partial charge in [-0.05, 0) is 32.7 Å². The highest BCUT2D eigenvalue weighted by Gasteiger charge is 2.49. The second-order valence-corrected chi connectivity index (χ2v) is 9.52. The van der Waals surface area contributed by atoms with Crippen molar-refractivity contribution in [3.05, 3.63) is 0 Å².